The number of hydrogen-bond donors (Lipinski definition) is 0. The molecule has 31 heavy (non-hydrogen) atoms. The fourth-order valence-corrected chi connectivity index (χ4v) is 3.89. The summed E-state index contributed by atoms with van der Waals surface area (Å²) in [5, 5.41) is 0. The van der Waals surface area contributed by atoms with Crippen molar-refractivity contribution >= 4 is 10.1 Å². The Kier molecular flexibility index (Phi) is 5.68. The van der Waals surface area contributed by atoms with E-state index in [0.29, 0.717) is 5.82 Å². The van der Waals surface area contributed by atoms with E-state index in [1.165, 1.54) is 12.1 Å². The van der Waals surface area contributed by atoms with Crippen LogP contribution in [0.2, 0.25) is 0 Å². The predicted octanol–water partition coefficient (Wildman–Crippen LogP) is 4.90. The summed E-state index contributed by atoms with van der Waals surface area (Å²) in [7, 11) is -2.28. The number of nitrogens with zero attached hydrogens (tertiary/aromatic N) is 2. The Balaban J connectivity index is 1.55. The molecule has 0 saturated carbocycles. The third kappa shape index (κ3) is 4.73. The van der Waals surface area contributed by atoms with E-state index in [1.807, 2.05) is 37.3 Å². The topological polar surface area (TPSA) is 78.4 Å². The first-order valence-corrected chi connectivity index (χ1v) is 10.9. The normalized spacial score (nSPS) is 11.2. The van der Waals surface area contributed by atoms with Gasteiger partial charge in [-0.3, -0.25) is 0 Å². The van der Waals surface area contributed by atoms with E-state index in [0.717, 1.165) is 28.1 Å². The molecular weight excluding hydrogens is 412 g/mol. The van der Waals surface area contributed by atoms with Gasteiger partial charge in [0, 0.05) is 17.3 Å². The minimum Gasteiger partial charge on any atom is -0.497 e. The summed E-state index contributed by atoms with van der Waals surface area (Å²) in [6.45, 7) is 1.89. The van der Waals surface area contributed by atoms with E-state index in [2.05, 4.69) is 9.97 Å². The van der Waals surface area contributed by atoms with Crippen LogP contribution in [0.4, 0.5) is 0 Å². The van der Waals surface area contributed by atoms with Gasteiger partial charge in [0.25, 0.3) is 0 Å². The number of rotatable bonds is 6. The monoisotopic (exact) mass is 432 g/mol. The number of aromatic nitrogens is 2. The minimum absolute atomic E-state index is 0.109. The molecular formula is C24H20N2O4S. The highest BCUT2D eigenvalue weighted by Gasteiger charge is 2.16. The SMILES string of the molecule is COc1ccc(-c2ccnc(-c3ccc(OS(=O)(=O)c4ccc(C)cc4)cc3)n2)cc1. The summed E-state index contributed by atoms with van der Waals surface area (Å²) in [6, 6.07) is 22.6. The molecule has 4 aromatic rings. The first-order valence-electron chi connectivity index (χ1n) is 9.54. The van der Waals surface area contributed by atoms with Crippen LogP contribution >= 0.6 is 0 Å². The Labute approximate surface area is 181 Å². The molecule has 1 heterocycles. The lowest BCUT2D eigenvalue weighted by Crippen LogP contribution is -2.09. The van der Waals surface area contributed by atoms with Gasteiger partial charge in [-0.1, -0.05) is 17.7 Å². The zero-order valence-electron chi connectivity index (χ0n) is 17.0. The molecule has 3 aromatic carbocycles. The van der Waals surface area contributed by atoms with Crippen molar-refractivity contribution in [2.45, 2.75) is 11.8 Å². The summed E-state index contributed by atoms with van der Waals surface area (Å²) in [5.74, 6) is 1.52. The fraction of sp³-hybridized carbons (Fsp3) is 0.0833. The Hall–Kier alpha value is -3.71. The molecule has 0 N–H and O–H groups in total. The third-order valence-corrected chi connectivity index (χ3v) is 5.93. The van der Waals surface area contributed by atoms with Crippen LogP contribution in [0.3, 0.4) is 0 Å². The van der Waals surface area contributed by atoms with Crippen molar-refractivity contribution in [1.82, 2.24) is 9.97 Å². The molecule has 1 aromatic heterocycles. The molecule has 0 unspecified atom stereocenters. The molecule has 0 spiro atoms. The number of benzene rings is 3. The Bertz CT molecular complexity index is 1290. The lowest BCUT2D eigenvalue weighted by molar-refractivity contribution is 0.415. The van der Waals surface area contributed by atoms with E-state index in [9.17, 15) is 8.42 Å². The van der Waals surface area contributed by atoms with E-state index in [-0.39, 0.29) is 10.6 Å². The van der Waals surface area contributed by atoms with E-state index in [1.54, 1.807) is 49.7 Å². The molecule has 6 nitrogen and oxygen atoms in total. The van der Waals surface area contributed by atoms with Crippen molar-refractivity contribution in [3.8, 4) is 34.1 Å². The Morgan fingerprint density at radius 2 is 1.35 bits per heavy atom. The maximum absolute atomic E-state index is 12.5. The van der Waals surface area contributed by atoms with Crippen molar-refractivity contribution in [3.05, 3.63) is 90.6 Å². The van der Waals surface area contributed by atoms with Gasteiger partial charge < -0.3 is 8.92 Å². The molecule has 0 radical (unpaired) electrons. The van der Waals surface area contributed by atoms with Gasteiger partial charge in [0.15, 0.2) is 5.82 Å². The predicted molar refractivity (Wildman–Crippen MR) is 118 cm³/mol. The second kappa shape index (κ2) is 8.57. The van der Waals surface area contributed by atoms with Gasteiger partial charge >= 0.3 is 10.1 Å². The van der Waals surface area contributed by atoms with Crippen molar-refractivity contribution in [2.75, 3.05) is 7.11 Å². The Morgan fingerprint density at radius 1 is 0.742 bits per heavy atom. The third-order valence-electron chi connectivity index (χ3n) is 4.67. The van der Waals surface area contributed by atoms with E-state index in [4.69, 9.17) is 8.92 Å². The van der Waals surface area contributed by atoms with Gasteiger partial charge in [-0.15, -0.1) is 0 Å². The smallest absolute Gasteiger partial charge is 0.339 e. The average molecular weight is 433 g/mol. The van der Waals surface area contributed by atoms with Gasteiger partial charge in [-0.2, -0.15) is 8.42 Å². The second-order valence-corrected chi connectivity index (χ2v) is 8.42. The van der Waals surface area contributed by atoms with Crippen LogP contribution in [-0.4, -0.2) is 25.5 Å². The summed E-state index contributed by atoms with van der Waals surface area (Å²) < 4.78 is 35.4. The van der Waals surface area contributed by atoms with Crippen LogP contribution < -0.4 is 8.92 Å². The van der Waals surface area contributed by atoms with Crippen LogP contribution in [0, 0.1) is 6.92 Å². The largest absolute Gasteiger partial charge is 0.497 e. The lowest BCUT2D eigenvalue weighted by Gasteiger charge is -2.08. The molecule has 0 aliphatic carbocycles. The molecule has 0 atom stereocenters. The molecule has 0 aliphatic rings. The van der Waals surface area contributed by atoms with Crippen molar-refractivity contribution in [1.29, 1.82) is 0 Å². The first-order chi connectivity index (χ1) is 14.9. The number of ether oxygens (including phenoxy) is 1. The lowest BCUT2D eigenvalue weighted by atomic mass is 10.1. The Morgan fingerprint density at radius 3 is 2.00 bits per heavy atom. The van der Waals surface area contributed by atoms with Gasteiger partial charge in [0.2, 0.25) is 0 Å². The van der Waals surface area contributed by atoms with Crippen molar-refractivity contribution in [2.24, 2.45) is 0 Å². The molecule has 0 bridgehead atoms. The zero-order chi connectivity index (χ0) is 21.8. The van der Waals surface area contributed by atoms with Gasteiger partial charge in [-0.25, -0.2) is 9.97 Å². The van der Waals surface area contributed by atoms with Crippen LogP contribution in [0.25, 0.3) is 22.6 Å². The summed E-state index contributed by atoms with van der Waals surface area (Å²) in [4.78, 5) is 9.06. The number of aryl methyl sites for hydroxylation is 1. The quantitative estimate of drug-likeness (QED) is 0.404. The van der Waals surface area contributed by atoms with Crippen LogP contribution in [0.5, 0.6) is 11.5 Å². The first kappa shape index (κ1) is 20.6. The maximum atomic E-state index is 12.5. The average Bonchev–Trinajstić information content (AvgIpc) is 2.80. The minimum atomic E-state index is -3.90. The standard InChI is InChI=1S/C24H20N2O4S/c1-17-3-13-22(14-4-17)31(27,28)30-21-11-7-19(8-12-21)24-25-16-15-23(26-24)18-5-9-20(29-2)10-6-18/h3-16H,1-2H3. The fourth-order valence-electron chi connectivity index (χ4n) is 2.96. The summed E-state index contributed by atoms with van der Waals surface area (Å²) >= 11 is 0. The molecule has 4 rings (SSSR count). The zero-order valence-corrected chi connectivity index (χ0v) is 17.8. The summed E-state index contributed by atoms with van der Waals surface area (Å²) in [5.41, 5.74) is 3.43. The van der Waals surface area contributed by atoms with E-state index >= 15 is 0 Å². The van der Waals surface area contributed by atoms with Gasteiger partial charge in [0.1, 0.15) is 16.4 Å². The summed E-state index contributed by atoms with van der Waals surface area (Å²) in [6.07, 6.45) is 1.69. The van der Waals surface area contributed by atoms with Crippen molar-refractivity contribution < 1.29 is 17.3 Å². The van der Waals surface area contributed by atoms with Crippen LogP contribution in [0.1, 0.15) is 5.56 Å². The molecule has 0 amide bonds. The second-order valence-electron chi connectivity index (χ2n) is 6.87. The number of hydrogen-bond acceptors (Lipinski definition) is 6. The molecule has 0 aliphatic heterocycles. The van der Waals surface area contributed by atoms with Gasteiger partial charge in [0.05, 0.1) is 12.8 Å². The molecule has 0 fully saturated rings. The number of methoxy groups -OCH3 is 1. The highest BCUT2D eigenvalue weighted by molar-refractivity contribution is 7.87. The molecule has 7 heteroatoms. The molecule has 156 valence electrons. The highest BCUT2D eigenvalue weighted by Crippen LogP contribution is 2.25. The van der Waals surface area contributed by atoms with E-state index < -0.39 is 10.1 Å². The highest BCUT2D eigenvalue weighted by atomic mass is 32.2. The van der Waals surface area contributed by atoms with Crippen LogP contribution in [-0.2, 0) is 10.1 Å². The maximum Gasteiger partial charge on any atom is 0.339 e. The molecule has 0 saturated heterocycles. The van der Waals surface area contributed by atoms with Crippen molar-refractivity contribution in [3.63, 3.8) is 0 Å². The van der Waals surface area contributed by atoms with Gasteiger partial charge in [-0.05, 0) is 73.7 Å². The van der Waals surface area contributed by atoms with Crippen LogP contribution in [0.15, 0.2) is 90.0 Å².